The summed E-state index contributed by atoms with van der Waals surface area (Å²) in [6.07, 6.45) is 0. The van der Waals surface area contributed by atoms with Crippen LogP contribution in [-0.4, -0.2) is 14.8 Å². The summed E-state index contributed by atoms with van der Waals surface area (Å²) in [4.78, 5) is 31.1. The Morgan fingerprint density at radius 2 is 0.735 bits per heavy atom. The maximum atomic E-state index is 10.8. The predicted octanol–water partition coefficient (Wildman–Crippen LogP) is 4.31. The Bertz CT molecular complexity index is 996. The number of non-ortho nitro benzene ring substituents is 3. The van der Waals surface area contributed by atoms with Crippen LogP contribution in [0.25, 0.3) is 0 Å². The molecular formula is C21H21N6O6P. The van der Waals surface area contributed by atoms with Crippen molar-refractivity contribution in [1.29, 1.82) is 0 Å². The number of hydrogen-bond acceptors (Lipinski definition) is 9. The first-order valence-corrected chi connectivity index (χ1v) is 11.4. The minimum absolute atomic E-state index is 0.0126. The first-order valence-electron chi connectivity index (χ1n) is 10.0. The van der Waals surface area contributed by atoms with Crippen LogP contribution in [0.5, 0.6) is 0 Å². The van der Waals surface area contributed by atoms with Gasteiger partial charge in [-0.1, -0.05) is 36.4 Å². The molecule has 0 aliphatic carbocycles. The van der Waals surface area contributed by atoms with Crippen LogP contribution in [-0.2, 0) is 19.6 Å². The fourth-order valence-corrected chi connectivity index (χ4v) is 4.24. The number of rotatable bonds is 12. The van der Waals surface area contributed by atoms with Crippen molar-refractivity contribution in [3.05, 3.63) is 120 Å². The van der Waals surface area contributed by atoms with Crippen molar-refractivity contribution in [1.82, 2.24) is 15.3 Å². The van der Waals surface area contributed by atoms with E-state index in [2.05, 4.69) is 15.3 Å². The molecule has 34 heavy (non-hydrogen) atoms. The van der Waals surface area contributed by atoms with E-state index < -0.39 is 23.1 Å². The molecule has 0 spiro atoms. The summed E-state index contributed by atoms with van der Waals surface area (Å²) in [5, 5.41) is 42.5. The van der Waals surface area contributed by atoms with Crippen LogP contribution >= 0.6 is 8.37 Å². The highest BCUT2D eigenvalue weighted by Crippen LogP contribution is 2.24. The number of nitro groups is 3. The molecule has 0 aliphatic rings. The normalized spacial score (nSPS) is 10.9. The molecule has 3 rings (SSSR count). The minimum atomic E-state index is -1.14. The van der Waals surface area contributed by atoms with Crippen LogP contribution in [0.15, 0.2) is 72.8 Å². The average Bonchev–Trinajstić information content (AvgIpc) is 2.84. The Morgan fingerprint density at radius 3 is 0.941 bits per heavy atom. The Hall–Kier alpha value is -3.83. The lowest BCUT2D eigenvalue weighted by molar-refractivity contribution is -0.385. The van der Waals surface area contributed by atoms with E-state index in [1.165, 1.54) is 36.4 Å². The van der Waals surface area contributed by atoms with Crippen molar-refractivity contribution in [2.24, 2.45) is 0 Å². The second-order valence-corrected chi connectivity index (χ2v) is 8.73. The second-order valence-electron chi connectivity index (χ2n) is 7.11. The van der Waals surface area contributed by atoms with Gasteiger partial charge < -0.3 is 0 Å². The zero-order valence-corrected chi connectivity index (χ0v) is 18.7. The maximum Gasteiger partial charge on any atom is 0.269 e. The van der Waals surface area contributed by atoms with Crippen molar-refractivity contribution in [2.75, 3.05) is 0 Å². The topological polar surface area (TPSA) is 166 Å². The standard InChI is InChI=1S/C21H21N6O6P/c28-25(29)19-7-1-16(2-8-19)13-22-34(23-14-17-3-9-20(10-4-17)26(30)31)24-15-18-5-11-21(12-6-18)27(32)33/h1-12,22-24H,13-15H2. The van der Waals surface area contributed by atoms with Crippen LogP contribution in [0.3, 0.4) is 0 Å². The van der Waals surface area contributed by atoms with Gasteiger partial charge in [0.05, 0.1) is 14.8 Å². The van der Waals surface area contributed by atoms with Gasteiger partial charge in [0.1, 0.15) is 8.37 Å². The molecular weight excluding hydrogens is 463 g/mol. The molecule has 13 heteroatoms. The number of hydrogen-bond donors (Lipinski definition) is 3. The first-order chi connectivity index (χ1) is 16.3. The SMILES string of the molecule is O=[N+]([O-])c1ccc(CNP(NCc2ccc([N+](=O)[O-])cc2)NCc2ccc([N+](=O)[O-])cc2)cc1. The minimum Gasteiger partial charge on any atom is -0.267 e. The van der Waals surface area contributed by atoms with E-state index in [9.17, 15) is 30.3 Å². The van der Waals surface area contributed by atoms with E-state index in [0.717, 1.165) is 16.7 Å². The molecule has 0 saturated carbocycles. The van der Waals surface area contributed by atoms with Gasteiger partial charge in [0.25, 0.3) is 17.1 Å². The summed E-state index contributed by atoms with van der Waals surface area (Å²) in [6, 6.07) is 18.7. The molecule has 176 valence electrons. The molecule has 3 N–H and O–H groups in total. The highest BCUT2D eigenvalue weighted by atomic mass is 31.1. The van der Waals surface area contributed by atoms with Crippen molar-refractivity contribution >= 4 is 25.4 Å². The van der Waals surface area contributed by atoms with Gasteiger partial charge in [-0.2, -0.15) is 0 Å². The van der Waals surface area contributed by atoms with Gasteiger partial charge in [-0.3, -0.25) is 45.6 Å². The van der Waals surface area contributed by atoms with Crippen LogP contribution in [0, 0.1) is 30.3 Å². The largest absolute Gasteiger partial charge is 0.269 e. The Labute approximate surface area is 195 Å². The summed E-state index contributed by atoms with van der Waals surface area (Å²) in [5.41, 5.74) is 2.60. The van der Waals surface area contributed by atoms with Crippen LogP contribution in [0.4, 0.5) is 17.1 Å². The van der Waals surface area contributed by atoms with Crippen LogP contribution in [0.1, 0.15) is 16.7 Å². The van der Waals surface area contributed by atoms with E-state index in [1.807, 2.05) is 0 Å². The Kier molecular flexibility index (Phi) is 8.66. The molecule has 12 nitrogen and oxygen atoms in total. The van der Waals surface area contributed by atoms with Gasteiger partial charge in [-0.15, -0.1) is 0 Å². The average molecular weight is 484 g/mol. The monoisotopic (exact) mass is 484 g/mol. The molecule has 3 aromatic rings. The smallest absolute Gasteiger partial charge is 0.267 e. The highest BCUT2D eigenvalue weighted by molar-refractivity contribution is 7.51. The number of nitrogens with one attached hydrogen (secondary N) is 3. The lowest BCUT2D eigenvalue weighted by Crippen LogP contribution is -2.27. The third kappa shape index (κ3) is 7.36. The summed E-state index contributed by atoms with van der Waals surface area (Å²) < 4.78 is 0. The van der Waals surface area contributed by atoms with Crippen LogP contribution < -0.4 is 15.3 Å². The Morgan fingerprint density at radius 1 is 0.500 bits per heavy atom. The molecule has 0 atom stereocenters. The van der Waals surface area contributed by atoms with E-state index in [-0.39, 0.29) is 17.1 Å². The molecule has 0 saturated heterocycles. The van der Waals surface area contributed by atoms with E-state index in [4.69, 9.17) is 0 Å². The van der Waals surface area contributed by atoms with Crippen molar-refractivity contribution in [3.63, 3.8) is 0 Å². The third-order valence-corrected chi connectivity index (χ3v) is 6.19. The van der Waals surface area contributed by atoms with E-state index in [1.54, 1.807) is 36.4 Å². The first kappa shape index (κ1) is 24.8. The van der Waals surface area contributed by atoms with E-state index in [0.29, 0.717) is 19.6 Å². The van der Waals surface area contributed by atoms with Crippen molar-refractivity contribution in [3.8, 4) is 0 Å². The lowest BCUT2D eigenvalue weighted by atomic mass is 10.2. The molecule has 0 amide bonds. The summed E-state index contributed by atoms with van der Waals surface area (Å²) in [6.45, 7) is 1.30. The van der Waals surface area contributed by atoms with Crippen molar-refractivity contribution < 1.29 is 14.8 Å². The quantitative estimate of drug-likeness (QED) is 0.193. The van der Waals surface area contributed by atoms with Crippen LogP contribution in [0.2, 0.25) is 0 Å². The van der Waals surface area contributed by atoms with Gasteiger partial charge in [0, 0.05) is 56.0 Å². The van der Waals surface area contributed by atoms with Gasteiger partial charge in [-0.25, -0.2) is 0 Å². The summed E-state index contributed by atoms with van der Waals surface area (Å²) in [7, 11) is -1.14. The van der Waals surface area contributed by atoms with Gasteiger partial charge in [0.2, 0.25) is 0 Å². The number of nitrogens with zero attached hydrogens (tertiary/aromatic N) is 3. The number of benzene rings is 3. The zero-order chi connectivity index (χ0) is 24.5. The fourth-order valence-electron chi connectivity index (χ4n) is 2.89. The molecule has 0 radical (unpaired) electrons. The zero-order valence-electron chi connectivity index (χ0n) is 17.8. The molecule has 0 heterocycles. The molecule has 0 unspecified atom stereocenters. The summed E-state index contributed by atoms with van der Waals surface area (Å²) in [5.74, 6) is 0. The molecule has 3 aromatic carbocycles. The molecule has 0 bridgehead atoms. The van der Waals surface area contributed by atoms with Gasteiger partial charge >= 0.3 is 0 Å². The molecule has 0 fully saturated rings. The summed E-state index contributed by atoms with van der Waals surface area (Å²) >= 11 is 0. The van der Waals surface area contributed by atoms with Crippen molar-refractivity contribution in [2.45, 2.75) is 19.6 Å². The Balaban J connectivity index is 1.63. The third-order valence-electron chi connectivity index (χ3n) is 4.77. The predicted molar refractivity (Wildman–Crippen MR) is 127 cm³/mol. The molecule has 0 aromatic heterocycles. The number of nitro benzene ring substituents is 3. The second kappa shape index (κ2) is 11.9. The lowest BCUT2D eigenvalue weighted by Gasteiger charge is -2.21. The van der Waals surface area contributed by atoms with E-state index >= 15 is 0 Å². The fraction of sp³-hybridized carbons (Fsp3) is 0.143. The maximum absolute atomic E-state index is 10.8. The van der Waals surface area contributed by atoms with Gasteiger partial charge in [0.15, 0.2) is 0 Å². The van der Waals surface area contributed by atoms with Gasteiger partial charge in [-0.05, 0) is 16.7 Å². The molecule has 0 aliphatic heterocycles. The highest BCUT2D eigenvalue weighted by Gasteiger charge is 2.11.